The molecule has 0 aromatic heterocycles. The minimum absolute atomic E-state index is 0.0139. The lowest BCUT2D eigenvalue weighted by atomic mass is 10.0. The number of benzene rings is 1. The summed E-state index contributed by atoms with van der Waals surface area (Å²) in [5.41, 5.74) is 1.11. The van der Waals surface area contributed by atoms with Crippen LogP contribution in [0.2, 0.25) is 0 Å². The Morgan fingerprint density at radius 3 is 2.69 bits per heavy atom. The summed E-state index contributed by atoms with van der Waals surface area (Å²) in [7, 11) is 1.77. The van der Waals surface area contributed by atoms with E-state index in [-0.39, 0.29) is 11.9 Å². The van der Waals surface area contributed by atoms with Crippen LogP contribution in [-0.4, -0.2) is 19.0 Å². The summed E-state index contributed by atoms with van der Waals surface area (Å²) in [5.74, 6) is 0.113. The van der Waals surface area contributed by atoms with Crippen molar-refractivity contribution in [3.63, 3.8) is 0 Å². The van der Waals surface area contributed by atoms with Gasteiger partial charge in [0.1, 0.15) is 0 Å². The summed E-state index contributed by atoms with van der Waals surface area (Å²) < 4.78 is 0. The predicted molar refractivity (Wildman–Crippen MR) is 64.2 cm³/mol. The molecule has 1 N–H and O–H groups in total. The van der Waals surface area contributed by atoms with E-state index >= 15 is 0 Å². The first kappa shape index (κ1) is 11.1. The molecule has 3 nitrogen and oxygen atoms in total. The number of hydrogen-bond donors (Lipinski definition) is 1. The van der Waals surface area contributed by atoms with Crippen molar-refractivity contribution in [1.82, 2.24) is 5.32 Å². The molecule has 1 atom stereocenters. The van der Waals surface area contributed by atoms with E-state index < -0.39 is 0 Å². The first-order valence-corrected chi connectivity index (χ1v) is 5.73. The van der Waals surface area contributed by atoms with E-state index in [0.717, 1.165) is 18.4 Å². The Morgan fingerprint density at radius 2 is 2.12 bits per heavy atom. The molecule has 86 valence electrons. The van der Waals surface area contributed by atoms with Crippen LogP contribution in [0.5, 0.6) is 0 Å². The molecule has 1 aliphatic rings. The highest BCUT2D eigenvalue weighted by Crippen LogP contribution is 2.25. The van der Waals surface area contributed by atoms with Crippen LogP contribution in [0.3, 0.4) is 0 Å². The van der Waals surface area contributed by atoms with Gasteiger partial charge in [-0.15, -0.1) is 6.04 Å². The van der Waals surface area contributed by atoms with Crippen molar-refractivity contribution in [2.24, 2.45) is 0 Å². The van der Waals surface area contributed by atoms with Crippen molar-refractivity contribution in [3.05, 3.63) is 41.2 Å². The second-order valence-corrected chi connectivity index (χ2v) is 4.23. The second-order valence-electron chi connectivity index (χ2n) is 4.23. The van der Waals surface area contributed by atoms with Crippen molar-refractivity contribution < 1.29 is 4.79 Å². The van der Waals surface area contributed by atoms with Gasteiger partial charge in [-0.25, -0.2) is 0 Å². The van der Waals surface area contributed by atoms with E-state index in [1.807, 2.05) is 30.3 Å². The van der Waals surface area contributed by atoms with E-state index in [0.29, 0.717) is 12.5 Å². The maximum Gasteiger partial charge on any atom is 0.219 e. The molecule has 2 rings (SSSR count). The topological polar surface area (TPSA) is 43.2 Å². The Balaban J connectivity index is 1.91. The molecular formula is C13H17N2O-. The van der Waals surface area contributed by atoms with E-state index in [4.69, 9.17) is 0 Å². The van der Waals surface area contributed by atoms with Crippen LogP contribution in [0.25, 0.3) is 5.32 Å². The monoisotopic (exact) mass is 217 g/mol. The standard InChI is InChI=1S/C13H17N2O/c1-14-12(10-5-3-2-4-6-10)9-13(16)15-11-7-8-11/h2-6,11-12H,7-9H2,1H3,(H,15,16)/q-1/t12-/m1/s1. The molecule has 0 saturated heterocycles. The molecule has 1 aromatic carbocycles. The zero-order valence-electron chi connectivity index (χ0n) is 9.52. The average molecular weight is 217 g/mol. The Kier molecular flexibility index (Phi) is 3.57. The highest BCUT2D eigenvalue weighted by molar-refractivity contribution is 5.77. The Morgan fingerprint density at radius 1 is 1.44 bits per heavy atom. The van der Waals surface area contributed by atoms with Gasteiger partial charge in [-0.05, 0) is 12.8 Å². The summed E-state index contributed by atoms with van der Waals surface area (Å²) in [6.07, 6.45) is 2.72. The lowest BCUT2D eigenvalue weighted by Gasteiger charge is -2.27. The normalized spacial score (nSPS) is 16.8. The van der Waals surface area contributed by atoms with Gasteiger partial charge in [0, 0.05) is 12.5 Å². The fourth-order valence-electron chi connectivity index (χ4n) is 1.72. The molecule has 1 aliphatic carbocycles. The quantitative estimate of drug-likeness (QED) is 0.808. The van der Waals surface area contributed by atoms with E-state index in [2.05, 4.69) is 10.6 Å². The number of nitrogens with one attached hydrogen (secondary N) is 1. The van der Waals surface area contributed by atoms with Crippen molar-refractivity contribution in [3.8, 4) is 0 Å². The minimum Gasteiger partial charge on any atom is -0.658 e. The summed E-state index contributed by atoms with van der Waals surface area (Å²) >= 11 is 0. The number of nitrogens with zero attached hydrogens (tertiary/aromatic N) is 1. The van der Waals surface area contributed by atoms with Gasteiger partial charge in [-0.1, -0.05) is 35.9 Å². The van der Waals surface area contributed by atoms with Crippen LogP contribution in [-0.2, 0) is 4.79 Å². The van der Waals surface area contributed by atoms with Crippen LogP contribution in [0.4, 0.5) is 0 Å². The van der Waals surface area contributed by atoms with Gasteiger partial charge in [-0.3, -0.25) is 4.79 Å². The molecule has 3 heteroatoms. The maximum absolute atomic E-state index is 11.7. The van der Waals surface area contributed by atoms with Crippen LogP contribution in [0.15, 0.2) is 30.3 Å². The number of carbonyl (C=O) groups is 1. The van der Waals surface area contributed by atoms with Crippen molar-refractivity contribution in [1.29, 1.82) is 0 Å². The number of carbonyl (C=O) groups excluding carboxylic acids is 1. The zero-order valence-corrected chi connectivity index (χ0v) is 9.52. The first-order chi connectivity index (χ1) is 7.79. The van der Waals surface area contributed by atoms with Crippen LogP contribution in [0, 0.1) is 0 Å². The lowest BCUT2D eigenvalue weighted by molar-refractivity contribution is -0.121. The van der Waals surface area contributed by atoms with Gasteiger partial charge < -0.3 is 10.6 Å². The molecular weight excluding hydrogens is 200 g/mol. The molecule has 0 bridgehead atoms. The molecule has 0 unspecified atom stereocenters. The van der Waals surface area contributed by atoms with E-state index in [9.17, 15) is 4.79 Å². The summed E-state index contributed by atoms with van der Waals surface area (Å²) in [6.45, 7) is 0. The smallest absolute Gasteiger partial charge is 0.219 e. The minimum atomic E-state index is -0.0139. The zero-order chi connectivity index (χ0) is 11.4. The van der Waals surface area contributed by atoms with Gasteiger partial charge in [0.2, 0.25) is 5.91 Å². The molecule has 1 amide bonds. The molecule has 0 heterocycles. The molecule has 1 fully saturated rings. The van der Waals surface area contributed by atoms with Crippen molar-refractivity contribution >= 4 is 5.91 Å². The van der Waals surface area contributed by atoms with Crippen molar-refractivity contribution in [2.75, 3.05) is 7.05 Å². The van der Waals surface area contributed by atoms with Gasteiger partial charge in [-0.2, -0.15) is 7.05 Å². The number of rotatable bonds is 5. The molecule has 1 aromatic rings. The number of amides is 1. The number of hydrogen-bond acceptors (Lipinski definition) is 1. The molecule has 0 radical (unpaired) electrons. The maximum atomic E-state index is 11.7. The van der Waals surface area contributed by atoms with Crippen molar-refractivity contribution in [2.45, 2.75) is 31.3 Å². The summed E-state index contributed by atoms with van der Waals surface area (Å²) in [6, 6.07) is 10.4. The van der Waals surface area contributed by atoms with Crippen LogP contribution in [0.1, 0.15) is 30.9 Å². The second kappa shape index (κ2) is 5.12. The average Bonchev–Trinajstić information content (AvgIpc) is 3.11. The fourth-order valence-corrected chi connectivity index (χ4v) is 1.72. The highest BCUT2D eigenvalue weighted by atomic mass is 16.1. The van der Waals surface area contributed by atoms with Gasteiger partial charge in [0.25, 0.3) is 0 Å². The SMILES string of the molecule is C[N-][C@H](CC(=O)NC1CC1)c1ccccc1. The third-order valence-electron chi connectivity index (χ3n) is 2.82. The van der Waals surface area contributed by atoms with Crippen LogP contribution >= 0.6 is 0 Å². The first-order valence-electron chi connectivity index (χ1n) is 5.73. The Bertz CT molecular complexity index is 346. The third-order valence-corrected chi connectivity index (χ3v) is 2.82. The summed E-state index contributed by atoms with van der Waals surface area (Å²) in [4.78, 5) is 11.7. The largest absolute Gasteiger partial charge is 0.658 e. The molecule has 1 saturated carbocycles. The predicted octanol–water partition coefficient (Wildman–Crippen LogP) is 2.40. The van der Waals surface area contributed by atoms with Gasteiger partial charge in [0.05, 0.1) is 0 Å². The Labute approximate surface area is 96.2 Å². The van der Waals surface area contributed by atoms with Gasteiger partial charge >= 0.3 is 0 Å². The van der Waals surface area contributed by atoms with E-state index in [1.54, 1.807) is 7.05 Å². The van der Waals surface area contributed by atoms with E-state index in [1.165, 1.54) is 0 Å². The van der Waals surface area contributed by atoms with Gasteiger partial charge in [0.15, 0.2) is 0 Å². The fraction of sp³-hybridized carbons (Fsp3) is 0.462. The summed E-state index contributed by atoms with van der Waals surface area (Å²) in [5, 5.41) is 7.25. The molecule has 16 heavy (non-hydrogen) atoms. The molecule has 0 spiro atoms. The Hall–Kier alpha value is -1.35. The lowest BCUT2D eigenvalue weighted by Crippen LogP contribution is -2.26. The molecule has 0 aliphatic heterocycles. The highest BCUT2D eigenvalue weighted by Gasteiger charge is 2.23. The third kappa shape index (κ3) is 3.07. The van der Waals surface area contributed by atoms with Crippen LogP contribution < -0.4 is 5.32 Å².